The molecule has 0 amide bonds. The molecule has 0 spiro atoms. The molecule has 0 aromatic carbocycles. The Morgan fingerprint density at radius 1 is 1.57 bits per heavy atom. The van der Waals surface area contributed by atoms with Crippen LogP contribution in [0.4, 0.5) is 0 Å². The van der Waals surface area contributed by atoms with E-state index in [1.165, 1.54) is 6.92 Å². The molecule has 3 nitrogen and oxygen atoms in total. The first-order chi connectivity index (χ1) is 6.63. The second kappa shape index (κ2) is 5.37. The Kier molecular flexibility index (Phi) is 4.43. The van der Waals surface area contributed by atoms with Gasteiger partial charge in [0.25, 0.3) is 0 Å². The minimum atomic E-state index is -1.80. The van der Waals surface area contributed by atoms with Crippen LogP contribution in [0.15, 0.2) is 29.3 Å². The summed E-state index contributed by atoms with van der Waals surface area (Å²) in [6.45, 7) is 1.34. The third-order valence-corrected chi connectivity index (χ3v) is 5.85. The van der Waals surface area contributed by atoms with Gasteiger partial charge in [-0.25, -0.2) is 0 Å². The van der Waals surface area contributed by atoms with Crippen molar-refractivity contribution in [3.63, 3.8) is 0 Å². The van der Waals surface area contributed by atoms with Crippen LogP contribution in [-0.4, -0.2) is 12.3 Å². The molecule has 0 fully saturated rings. The van der Waals surface area contributed by atoms with Gasteiger partial charge in [-0.05, 0) is 0 Å². The SMILES string of the molecule is CC(=O)OC1=[CH][Y]([CH3])[CH]=CC=C1C=O. The molecule has 0 atom stereocenters. The fourth-order valence-electron chi connectivity index (χ4n) is 1.15. The van der Waals surface area contributed by atoms with E-state index in [2.05, 4.69) is 6.62 Å². The number of hydrogen-bond donors (Lipinski definition) is 0. The van der Waals surface area contributed by atoms with E-state index in [-0.39, 0.29) is 5.97 Å². The fourth-order valence-corrected chi connectivity index (χ4v) is 4.37. The molecule has 72 valence electrons. The summed E-state index contributed by atoms with van der Waals surface area (Å²) in [5, 5.41) is 0. The summed E-state index contributed by atoms with van der Waals surface area (Å²) < 4.78 is 11.2. The molecule has 0 bridgehead atoms. The molecule has 0 aliphatic carbocycles. The zero-order valence-corrected chi connectivity index (χ0v) is 11.0. The first-order valence-electron chi connectivity index (χ1n) is 4.37. The molecule has 0 saturated carbocycles. The molecule has 1 aliphatic heterocycles. The number of esters is 1. The summed E-state index contributed by atoms with van der Waals surface area (Å²) in [6.07, 6.45) is 4.27. The van der Waals surface area contributed by atoms with Crippen molar-refractivity contribution in [2.24, 2.45) is 0 Å². The third kappa shape index (κ3) is 3.31. The Bertz CT molecular complexity index is 339. The maximum atomic E-state index is 10.8. The van der Waals surface area contributed by atoms with Crippen molar-refractivity contribution in [2.75, 3.05) is 0 Å². The molecule has 1 aliphatic rings. The number of carbonyl (C=O) groups excluding carboxylic acids is 2. The topological polar surface area (TPSA) is 43.4 Å². The number of allylic oxidation sites excluding steroid dienone is 3. The zero-order chi connectivity index (χ0) is 10.6. The van der Waals surface area contributed by atoms with Crippen molar-refractivity contribution in [2.45, 2.75) is 10.7 Å². The quantitative estimate of drug-likeness (QED) is 0.565. The molecule has 0 saturated heterocycles. The molecule has 0 N–H and O–H groups in total. The molecular formula is C10H11O3Y. The van der Waals surface area contributed by atoms with Gasteiger partial charge in [-0.15, -0.1) is 0 Å². The third-order valence-electron chi connectivity index (χ3n) is 1.77. The van der Waals surface area contributed by atoms with Crippen molar-refractivity contribution in [3.05, 3.63) is 29.3 Å². The second-order valence-corrected chi connectivity index (χ2v) is 9.10. The molecule has 14 heavy (non-hydrogen) atoms. The summed E-state index contributed by atoms with van der Waals surface area (Å²) in [7, 11) is 0. The van der Waals surface area contributed by atoms with Gasteiger partial charge >= 0.3 is 93.9 Å². The van der Waals surface area contributed by atoms with Gasteiger partial charge in [-0.2, -0.15) is 0 Å². The fraction of sp³-hybridized carbons (Fsp3) is 0.200. The second-order valence-electron chi connectivity index (χ2n) is 3.11. The van der Waals surface area contributed by atoms with E-state index >= 15 is 0 Å². The molecule has 0 aromatic rings. The minimum absolute atomic E-state index is 0.385. The van der Waals surface area contributed by atoms with Crippen molar-refractivity contribution in [1.82, 2.24) is 0 Å². The van der Waals surface area contributed by atoms with Crippen molar-refractivity contribution in [3.8, 4) is 0 Å². The summed E-state index contributed by atoms with van der Waals surface area (Å²) in [5.41, 5.74) is 0.442. The van der Waals surface area contributed by atoms with Crippen LogP contribution in [-0.2, 0) is 41.8 Å². The van der Waals surface area contributed by atoms with Crippen LogP contribution >= 0.6 is 0 Å². The van der Waals surface area contributed by atoms with E-state index in [1.807, 2.05) is 8.96 Å². The normalized spacial score (nSPS) is 15.4. The van der Waals surface area contributed by atoms with E-state index in [4.69, 9.17) is 4.74 Å². The van der Waals surface area contributed by atoms with E-state index in [9.17, 15) is 9.59 Å². The maximum absolute atomic E-state index is 10.8. The summed E-state index contributed by atoms with van der Waals surface area (Å²) in [4.78, 5) is 21.5. The van der Waals surface area contributed by atoms with Crippen molar-refractivity contribution in [1.29, 1.82) is 0 Å². The summed E-state index contributed by atoms with van der Waals surface area (Å²) >= 11 is -1.80. The van der Waals surface area contributed by atoms with Crippen LogP contribution < -0.4 is 0 Å². The molecule has 0 unspecified atom stereocenters. The number of rotatable bonds is 2. The van der Waals surface area contributed by atoms with Gasteiger partial charge in [0.15, 0.2) is 0 Å². The van der Waals surface area contributed by atoms with Crippen LogP contribution in [0, 0.1) is 0 Å². The summed E-state index contributed by atoms with van der Waals surface area (Å²) in [5.74, 6) is 0.0465. The number of hydrogen-bond acceptors (Lipinski definition) is 3. The van der Waals surface area contributed by atoms with Gasteiger partial charge in [0.2, 0.25) is 0 Å². The predicted octanol–water partition coefficient (Wildman–Crippen LogP) is 1.71. The van der Waals surface area contributed by atoms with Crippen molar-refractivity contribution < 1.29 is 41.8 Å². The van der Waals surface area contributed by atoms with Crippen LogP contribution in [0.3, 0.4) is 0 Å². The number of aldehydes is 1. The Hall–Kier alpha value is -0.536. The molecule has 0 radical (unpaired) electrons. The molecule has 1 rings (SSSR count). The standard InChI is InChI=1S/C9H8O3.CH3.Y/c1-4-5-9(6-10)7(2)12-8(3)11;;/h1-2,4-6H,3H3;1H3;. The van der Waals surface area contributed by atoms with Crippen LogP contribution in [0.1, 0.15) is 6.92 Å². The van der Waals surface area contributed by atoms with Gasteiger partial charge in [-0.3, -0.25) is 0 Å². The van der Waals surface area contributed by atoms with Gasteiger partial charge in [0, 0.05) is 0 Å². The average Bonchev–Trinajstić information content (AvgIpc) is 2.26. The van der Waals surface area contributed by atoms with E-state index in [0.29, 0.717) is 17.6 Å². The molecule has 1 heterocycles. The van der Waals surface area contributed by atoms with E-state index in [0.717, 1.165) is 0 Å². The molecule has 4 heteroatoms. The molecular weight excluding hydrogens is 257 g/mol. The van der Waals surface area contributed by atoms with Gasteiger partial charge in [-0.1, -0.05) is 0 Å². The summed E-state index contributed by atoms with van der Waals surface area (Å²) in [6, 6.07) is 0. The van der Waals surface area contributed by atoms with Gasteiger partial charge in [0.1, 0.15) is 0 Å². The monoisotopic (exact) mass is 268 g/mol. The first-order valence-corrected chi connectivity index (χ1v) is 10.5. The Morgan fingerprint density at radius 2 is 2.29 bits per heavy atom. The number of carbonyl (C=O) groups is 2. The first kappa shape index (κ1) is 11.5. The molecule has 0 aromatic heterocycles. The zero-order valence-electron chi connectivity index (χ0n) is 8.19. The average molecular weight is 268 g/mol. The van der Waals surface area contributed by atoms with Crippen LogP contribution in [0.5, 0.6) is 0 Å². The number of ether oxygens (including phenoxy) is 1. The van der Waals surface area contributed by atoms with Crippen LogP contribution in [0.2, 0.25) is 3.73 Å². The van der Waals surface area contributed by atoms with Crippen molar-refractivity contribution >= 4 is 12.3 Å². The Labute approximate surface area is 93.4 Å². The Balaban J connectivity index is 2.96. The van der Waals surface area contributed by atoms with E-state index < -0.39 is 27.4 Å². The van der Waals surface area contributed by atoms with E-state index in [1.54, 1.807) is 6.08 Å². The van der Waals surface area contributed by atoms with Gasteiger partial charge in [0.05, 0.1) is 0 Å². The predicted molar refractivity (Wildman–Crippen MR) is 49.0 cm³/mol. The van der Waals surface area contributed by atoms with Gasteiger partial charge < -0.3 is 0 Å². The Morgan fingerprint density at radius 3 is 2.86 bits per heavy atom. The van der Waals surface area contributed by atoms with Crippen LogP contribution in [0.25, 0.3) is 0 Å².